The maximum absolute atomic E-state index is 11.7. The summed E-state index contributed by atoms with van der Waals surface area (Å²) >= 11 is 0. The summed E-state index contributed by atoms with van der Waals surface area (Å²) < 4.78 is 6.80. The molecule has 0 saturated carbocycles. The van der Waals surface area contributed by atoms with Crippen LogP contribution in [0.25, 0.3) is 0 Å². The zero-order chi connectivity index (χ0) is 11.4. The van der Waals surface area contributed by atoms with Crippen LogP contribution >= 0.6 is 0 Å². The van der Waals surface area contributed by atoms with Gasteiger partial charge in [-0.15, -0.1) is 0 Å². The van der Waals surface area contributed by atoms with Crippen LogP contribution in [0.3, 0.4) is 0 Å². The van der Waals surface area contributed by atoms with Gasteiger partial charge in [-0.2, -0.15) is 5.10 Å². The standard InChI is InChI=1S/C11H18N2O2/c1-5-8-10(11(14)15-7-3)9(6-2)13(4)12-8/h5-7H2,1-4H3. The number of hydrogen-bond donors (Lipinski definition) is 0. The fraction of sp³-hybridized carbons (Fsp3) is 0.636. The van der Waals surface area contributed by atoms with E-state index in [1.54, 1.807) is 4.68 Å². The monoisotopic (exact) mass is 210 g/mol. The first kappa shape index (κ1) is 11.8. The van der Waals surface area contributed by atoms with Gasteiger partial charge in [0.15, 0.2) is 0 Å². The Kier molecular flexibility index (Phi) is 3.88. The fourth-order valence-corrected chi connectivity index (χ4v) is 1.71. The number of ether oxygens (including phenoxy) is 1. The summed E-state index contributed by atoms with van der Waals surface area (Å²) in [4.78, 5) is 11.7. The summed E-state index contributed by atoms with van der Waals surface area (Å²) in [6.45, 7) is 6.22. The van der Waals surface area contributed by atoms with E-state index < -0.39 is 0 Å². The number of aryl methyl sites for hydroxylation is 2. The zero-order valence-corrected chi connectivity index (χ0v) is 9.83. The Labute approximate surface area is 90.2 Å². The van der Waals surface area contributed by atoms with Gasteiger partial charge < -0.3 is 4.74 Å². The summed E-state index contributed by atoms with van der Waals surface area (Å²) in [6, 6.07) is 0. The van der Waals surface area contributed by atoms with Gasteiger partial charge in [0.05, 0.1) is 18.0 Å². The average Bonchev–Trinajstić information content (AvgIpc) is 2.54. The van der Waals surface area contributed by atoms with Crippen molar-refractivity contribution in [1.29, 1.82) is 0 Å². The van der Waals surface area contributed by atoms with Gasteiger partial charge in [0.2, 0.25) is 0 Å². The Morgan fingerprint density at radius 2 is 2.00 bits per heavy atom. The van der Waals surface area contributed by atoms with Crippen LogP contribution in [0.5, 0.6) is 0 Å². The van der Waals surface area contributed by atoms with Gasteiger partial charge in [-0.3, -0.25) is 4.68 Å². The highest BCUT2D eigenvalue weighted by atomic mass is 16.5. The van der Waals surface area contributed by atoms with E-state index in [4.69, 9.17) is 4.74 Å². The predicted octanol–water partition coefficient (Wildman–Crippen LogP) is 1.72. The van der Waals surface area contributed by atoms with Gasteiger partial charge >= 0.3 is 5.97 Å². The molecule has 0 atom stereocenters. The van der Waals surface area contributed by atoms with Crippen molar-refractivity contribution in [3.05, 3.63) is 17.0 Å². The molecule has 0 unspecified atom stereocenters. The first-order valence-corrected chi connectivity index (χ1v) is 5.37. The van der Waals surface area contributed by atoms with Crippen LogP contribution in [0, 0.1) is 0 Å². The van der Waals surface area contributed by atoms with Crippen molar-refractivity contribution in [2.24, 2.45) is 7.05 Å². The van der Waals surface area contributed by atoms with Gasteiger partial charge in [-0.05, 0) is 19.8 Å². The van der Waals surface area contributed by atoms with Crippen LogP contribution in [0.15, 0.2) is 0 Å². The van der Waals surface area contributed by atoms with E-state index in [0.29, 0.717) is 12.2 Å². The molecule has 0 spiro atoms. The molecule has 1 rings (SSSR count). The molecule has 0 aliphatic heterocycles. The maximum Gasteiger partial charge on any atom is 0.341 e. The Morgan fingerprint density at radius 3 is 2.47 bits per heavy atom. The lowest BCUT2D eigenvalue weighted by atomic mass is 10.1. The lowest BCUT2D eigenvalue weighted by molar-refractivity contribution is 0.0524. The molecule has 0 N–H and O–H groups in total. The molecule has 0 aliphatic carbocycles. The van der Waals surface area contributed by atoms with E-state index in [0.717, 1.165) is 24.2 Å². The molecular weight excluding hydrogens is 192 g/mol. The quantitative estimate of drug-likeness (QED) is 0.711. The van der Waals surface area contributed by atoms with Crippen molar-refractivity contribution in [2.45, 2.75) is 33.6 Å². The van der Waals surface area contributed by atoms with Gasteiger partial charge in [0.25, 0.3) is 0 Å². The van der Waals surface area contributed by atoms with Crippen LogP contribution in [0.1, 0.15) is 42.5 Å². The minimum absolute atomic E-state index is 0.251. The number of esters is 1. The molecule has 4 heteroatoms. The van der Waals surface area contributed by atoms with Crippen molar-refractivity contribution in [1.82, 2.24) is 9.78 Å². The normalized spacial score (nSPS) is 10.4. The number of nitrogens with zero attached hydrogens (tertiary/aromatic N) is 2. The van der Waals surface area contributed by atoms with Gasteiger partial charge in [0, 0.05) is 7.05 Å². The van der Waals surface area contributed by atoms with Crippen LogP contribution in [-0.4, -0.2) is 22.4 Å². The molecule has 1 aromatic rings. The Morgan fingerprint density at radius 1 is 1.33 bits per heavy atom. The SMILES string of the molecule is CCOC(=O)c1c(CC)nn(C)c1CC. The van der Waals surface area contributed by atoms with E-state index in [1.165, 1.54) is 0 Å². The second-order valence-electron chi connectivity index (χ2n) is 3.32. The molecule has 0 radical (unpaired) electrons. The minimum atomic E-state index is -0.251. The lowest BCUT2D eigenvalue weighted by Gasteiger charge is -2.03. The van der Waals surface area contributed by atoms with Gasteiger partial charge in [-0.25, -0.2) is 4.79 Å². The summed E-state index contributed by atoms with van der Waals surface area (Å²) in [6.07, 6.45) is 1.54. The third-order valence-corrected chi connectivity index (χ3v) is 2.39. The molecule has 1 heterocycles. The summed E-state index contributed by atoms with van der Waals surface area (Å²) in [5, 5.41) is 4.32. The Balaban J connectivity index is 3.17. The molecule has 4 nitrogen and oxygen atoms in total. The fourth-order valence-electron chi connectivity index (χ4n) is 1.71. The van der Waals surface area contributed by atoms with Crippen molar-refractivity contribution in [2.75, 3.05) is 6.61 Å². The summed E-state index contributed by atoms with van der Waals surface area (Å²) in [7, 11) is 1.86. The van der Waals surface area contributed by atoms with Crippen LogP contribution in [0.2, 0.25) is 0 Å². The second-order valence-corrected chi connectivity index (χ2v) is 3.32. The molecule has 0 aliphatic rings. The largest absolute Gasteiger partial charge is 0.462 e. The minimum Gasteiger partial charge on any atom is -0.462 e. The molecular formula is C11H18N2O2. The van der Waals surface area contributed by atoms with Gasteiger partial charge in [0.1, 0.15) is 5.56 Å². The highest BCUT2D eigenvalue weighted by Gasteiger charge is 2.21. The van der Waals surface area contributed by atoms with Gasteiger partial charge in [-0.1, -0.05) is 13.8 Å². The zero-order valence-electron chi connectivity index (χ0n) is 9.83. The van der Waals surface area contributed by atoms with Crippen molar-refractivity contribution in [3.8, 4) is 0 Å². The van der Waals surface area contributed by atoms with E-state index in [9.17, 15) is 4.79 Å². The number of rotatable bonds is 4. The van der Waals surface area contributed by atoms with Crippen LogP contribution in [-0.2, 0) is 24.6 Å². The molecule has 0 fully saturated rings. The van der Waals surface area contributed by atoms with E-state index in [1.807, 2.05) is 27.8 Å². The van der Waals surface area contributed by atoms with E-state index in [-0.39, 0.29) is 5.97 Å². The molecule has 84 valence electrons. The molecule has 0 aromatic carbocycles. The molecule has 0 saturated heterocycles. The number of hydrogen-bond acceptors (Lipinski definition) is 3. The van der Waals surface area contributed by atoms with Crippen molar-refractivity contribution >= 4 is 5.97 Å². The smallest absolute Gasteiger partial charge is 0.341 e. The highest BCUT2D eigenvalue weighted by molar-refractivity contribution is 5.92. The lowest BCUT2D eigenvalue weighted by Crippen LogP contribution is -2.09. The molecule has 15 heavy (non-hydrogen) atoms. The maximum atomic E-state index is 11.7. The third kappa shape index (κ3) is 2.19. The van der Waals surface area contributed by atoms with E-state index >= 15 is 0 Å². The van der Waals surface area contributed by atoms with Crippen LogP contribution in [0.4, 0.5) is 0 Å². The first-order chi connectivity index (χ1) is 7.15. The molecule has 0 bridgehead atoms. The third-order valence-electron chi connectivity index (χ3n) is 2.39. The summed E-state index contributed by atoms with van der Waals surface area (Å²) in [5.74, 6) is -0.251. The van der Waals surface area contributed by atoms with Crippen molar-refractivity contribution in [3.63, 3.8) is 0 Å². The number of carbonyl (C=O) groups excluding carboxylic acids is 1. The molecule has 1 aromatic heterocycles. The number of aromatic nitrogens is 2. The number of carbonyl (C=O) groups is 1. The highest BCUT2D eigenvalue weighted by Crippen LogP contribution is 2.16. The predicted molar refractivity (Wildman–Crippen MR) is 57.9 cm³/mol. The van der Waals surface area contributed by atoms with Crippen LogP contribution < -0.4 is 0 Å². The topological polar surface area (TPSA) is 44.1 Å². The van der Waals surface area contributed by atoms with E-state index in [2.05, 4.69) is 5.10 Å². The Bertz CT molecular complexity index is 356. The summed E-state index contributed by atoms with van der Waals surface area (Å²) in [5.41, 5.74) is 2.43. The first-order valence-electron chi connectivity index (χ1n) is 5.37. The second kappa shape index (κ2) is 4.96. The van der Waals surface area contributed by atoms with Crippen molar-refractivity contribution < 1.29 is 9.53 Å². The molecule has 0 amide bonds. The average molecular weight is 210 g/mol. The Hall–Kier alpha value is -1.32.